The minimum absolute atomic E-state index is 0.0101. The summed E-state index contributed by atoms with van der Waals surface area (Å²) in [7, 11) is 2.95. The van der Waals surface area contributed by atoms with Gasteiger partial charge in [-0.05, 0) is 38.1 Å². The zero-order valence-corrected chi connectivity index (χ0v) is 20.0. The Morgan fingerprint density at radius 2 is 1.17 bits per heavy atom. The Morgan fingerprint density at radius 3 is 1.63 bits per heavy atom. The van der Waals surface area contributed by atoms with Crippen LogP contribution in [0.25, 0.3) is 22.5 Å². The Hall–Kier alpha value is -3.72. The summed E-state index contributed by atoms with van der Waals surface area (Å²) in [5.41, 5.74) is 0.717. The van der Waals surface area contributed by atoms with Crippen LogP contribution in [-0.2, 0) is 5.41 Å². The normalized spacial score (nSPS) is 11.4. The van der Waals surface area contributed by atoms with Crippen molar-refractivity contribution < 1.29 is 22.6 Å². The Kier molecular flexibility index (Phi) is 6.62. The standard InChI is InChI=1S/C25H20ClF3N4O2/c1-25(2,19-11-13(34-3)9-17(30-19)15-5-7-21(26)32-23(15)28)20-12-14(35-4)10-18(31-20)16-6-8-22(27)33-24(16)29/h5-12H,1-4H3. The van der Waals surface area contributed by atoms with Crippen LogP contribution in [0.4, 0.5) is 13.2 Å². The van der Waals surface area contributed by atoms with E-state index in [1.54, 1.807) is 18.2 Å². The topological polar surface area (TPSA) is 70.0 Å². The highest BCUT2D eigenvalue weighted by molar-refractivity contribution is 6.29. The minimum Gasteiger partial charge on any atom is -0.497 e. The fourth-order valence-corrected chi connectivity index (χ4v) is 3.64. The third-order valence-corrected chi connectivity index (χ3v) is 5.74. The lowest BCUT2D eigenvalue weighted by Crippen LogP contribution is -2.23. The number of hydrogen-bond acceptors (Lipinski definition) is 6. The molecular weight excluding hydrogens is 481 g/mol. The minimum atomic E-state index is -0.998. The van der Waals surface area contributed by atoms with Crippen molar-refractivity contribution in [2.45, 2.75) is 19.3 Å². The molecule has 0 aliphatic heterocycles. The van der Waals surface area contributed by atoms with Crippen molar-refractivity contribution in [3.8, 4) is 34.0 Å². The van der Waals surface area contributed by atoms with Crippen molar-refractivity contribution >= 4 is 11.6 Å². The number of nitrogens with zero attached hydrogens (tertiary/aromatic N) is 4. The molecule has 0 aromatic carbocycles. The van der Waals surface area contributed by atoms with E-state index in [1.165, 1.54) is 38.5 Å². The van der Waals surface area contributed by atoms with Crippen LogP contribution in [-0.4, -0.2) is 34.2 Å². The summed E-state index contributed by atoms with van der Waals surface area (Å²) in [4.78, 5) is 16.2. The van der Waals surface area contributed by atoms with Crippen LogP contribution in [0.2, 0.25) is 5.15 Å². The number of ether oxygens (including phenoxy) is 2. The molecular formula is C25H20ClF3N4O2. The zero-order valence-electron chi connectivity index (χ0n) is 19.2. The third kappa shape index (κ3) is 4.90. The highest BCUT2D eigenvalue weighted by Gasteiger charge is 2.30. The lowest BCUT2D eigenvalue weighted by molar-refractivity contribution is 0.409. The largest absolute Gasteiger partial charge is 0.497 e. The van der Waals surface area contributed by atoms with Gasteiger partial charge in [0, 0.05) is 29.7 Å². The van der Waals surface area contributed by atoms with Crippen LogP contribution in [0.3, 0.4) is 0 Å². The molecule has 0 N–H and O–H groups in total. The zero-order chi connectivity index (χ0) is 25.3. The Bertz CT molecular complexity index is 1310. The highest BCUT2D eigenvalue weighted by atomic mass is 35.5. The van der Waals surface area contributed by atoms with Gasteiger partial charge in [0.25, 0.3) is 0 Å². The SMILES string of the molecule is COc1cc(-c2ccc(F)nc2F)nc(C(C)(C)c2cc(OC)cc(-c3ccc(Cl)nc3F)n2)c1. The van der Waals surface area contributed by atoms with Gasteiger partial charge in [-0.1, -0.05) is 11.6 Å². The average molecular weight is 501 g/mol. The summed E-state index contributed by atoms with van der Waals surface area (Å²) in [6, 6.07) is 11.7. The molecule has 10 heteroatoms. The molecule has 4 aromatic rings. The number of hydrogen-bond donors (Lipinski definition) is 0. The Labute approximate surface area is 204 Å². The van der Waals surface area contributed by atoms with Crippen LogP contribution in [0.5, 0.6) is 11.5 Å². The quantitative estimate of drug-likeness (QED) is 0.302. The molecule has 4 aromatic heterocycles. The van der Waals surface area contributed by atoms with E-state index < -0.39 is 23.3 Å². The molecule has 0 aliphatic carbocycles. The van der Waals surface area contributed by atoms with Gasteiger partial charge in [-0.3, -0.25) is 9.97 Å². The maximum Gasteiger partial charge on any atom is 0.224 e. The van der Waals surface area contributed by atoms with Crippen molar-refractivity contribution in [3.63, 3.8) is 0 Å². The Morgan fingerprint density at radius 1 is 0.686 bits per heavy atom. The summed E-state index contributed by atoms with van der Waals surface area (Å²) >= 11 is 5.79. The van der Waals surface area contributed by atoms with Crippen molar-refractivity contribution in [2.75, 3.05) is 14.2 Å². The maximum atomic E-state index is 14.6. The second kappa shape index (κ2) is 9.50. The average Bonchev–Trinajstić information content (AvgIpc) is 2.83. The van der Waals surface area contributed by atoms with Crippen LogP contribution >= 0.6 is 11.6 Å². The van der Waals surface area contributed by atoms with Gasteiger partial charge in [0.05, 0.1) is 48.1 Å². The number of aromatic nitrogens is 4. The van der Waals surface area contributed by atoms with E-state index in [2.05, 4.69) is 19.9 Å². The summed E-state index contributed by atoms with van der Waals surface area (Å²) in [5.74, 6) is -1.88. The van der Waals surface area contributed by atoms with Gasteiger partial charge in [-0.15, -0.1) is 0 Å². The predicted molar refractivity (Wildman–Crippen MR) is 125 cm³/mol. The number of pyridine rings is 4. The van der Waals surface area contributed by atoms with Crippen molar-refractivity contribution in [1.29, 1.82) is 0 Å². The molecule has 35 heavy (non-hydrogen) atoms. The summed E-state index contributed by atoms with van der Waals surface area (Å²) in [6.07, 6.45) is 0. The fraction of sp³-hybridized carbons (Fsp3) is 0.200. The van der Waals surface area contributed by atoms with Gasteiger partial charge in [0.15, 0.2) is 0 Å². The van der Waals surface area contributed by atoms with Gasteiger partial charge in [-0.25, -0.2) is 4.98 Å². The molecule has 0 unspecified atom stereocenters. The first-order chi connectivity index (χ1) is 16.6. The van der Waals surface area contributed by atoms with Gasteiger partial charge in [0.2, 0.25) is 17.8 Å². The summed E-state index contributed by atoms with van der Waals surface area (Å²) in [6.45, 7) is 3.69. The first-order valence-corrected chi connectivity index (χ1v) is 10.8. The van der Waals surface area contributed by atoms with Gasteiger partial charge >= 0.3 is 0 Å². The lowest BCUT2D eigenvalue weighted by atomic mass is 9.84. The van der Waals surface area contributed by atoms with Crippen molar-refractivity contribution in [3.05, 3.63) is 82.9 Å². The van der Waals surface area contributed by atoms with Crippen LogP contribution in [0.1, 0.15) is 25.2 Å². The second-order valence-corrected chi connectivity index (χ2v) is 8.51. The third-order valence-electron chi connectivity index (χ3n) is 5.53. The van der Waals surface area contributed by atoms with Gasteiger partial charge in [-0.2, -0.15) is 18.2 Å². The molecule has 0 radical (unpaired) electrons. The smallest absolute Gasteiger partial charge is 0.224 e. The molecule has 0 amide bonds. The summed E-state index contributed by atoms with van der Waals surface area (Å²) < 4.78 is 53.1. The van der Waals surface area contributed by atoms with Crippen LogP contribution in [0.15, 0.2) is 48.5 Å². The van der Waals surface area contributed by atoms with E-state index in [4.69, 9.17) is 21.1 Å². The van der Waals surface area contributed by atoms with Gasteiger partial charge in [0.1, 0.15) is 16.7 Å². The molecule has 4 rings (SSSR count). The molecule has 4 heterocycles. The van der Waals surface area contributed by atoms with Crippen LogP contribution < -0.4 is 9.47 Å². The van der Waals surface area contributed by atoms with E-state index >= 15 is 0 Å². The molecule has 0 spiro atoms. The lowest BCUT2D eigenvalue weighted by Gasteiger charge is -2.26. The van der Waals surface area contributed by atoms with E-state index in [0.29, 0.717) is 22.9 Å². The molecule has 0 saturated heterocycles. The molecule has 0 bridgehead atoms. The maximum absolute atomic E-state index is 14.6. The molecule has 0 saturated carbocycles. The monoisotopic (exact) mass is 500 g/mol. The van der Waals surface area contributed by atoms with E-state index in [1.807, 2.05) is 13.8 Å². The molecule has 0 atom stereocenters. The predicted octanol–water partition coefficient (Wildman–Crippen LogP) is 6.01. The summed E-state index contributed by atoms with van der Waals surface area (Å²) in [5, 5.41) is 0.0188. The Balaban J connectivity index is 1.87. The molecule has 180 valence electrons. The van der Waals surface area contributed by atoms with Crippen molar-refractivity contribution in [1.82, 2.24) is 19.9 Å². The number of halogens is 4. The highest BCUT2D eigenvalue weighted by Crippen LogP contribution is 2.37. The van der Waals surface area contributed by atoms with E-state index in [-0.39, 0.29) is 27.7 Å². The number of rotatable bonds is 6. The molecule has 0 aliphatic rings. The fourth-order valence-electron chi connectivity index (χ4n) is 3.50. The van der Waals surface area contributed by atoms with E-state index in [0.717, 1.165) is 6.07 Å². The number of methoxy groups -OCH3 is 2. The molecule has 0 fully saturated rings. The van der Waals surface area contributed by atoms with E-state index in [9.17, 15) is 13.2 Å². The first kappa shape index (κ1) is 24.4. The van der Waals surface area contributed by atoms with Crippen LogP contribution in [0, 0.1) is 17.8 Å². The second-order valence-electron chi connectivity index (χ2n) is 8.12. The van der Waals surface area contributed by atoms with Crippen molar-refractivity contribution in [2.24, 2.45) is 0 Å². The van der Waals surface area contributed by atoms with Gasteiger partial charge < -0.3 is 9.47 Å². The first-order valence-electron chi connectivity index (χ1n) is 10.4. The molecule has 6 nitrogen and oxygen atoms in total.